The maximum atomic E-state index is 12.7. The number of hydrogen-bond donors (Lipinski definition) is 0. The molecule has 0 radical (unpaired) electrons. The van der Waals surface area contributed by atoms with Gasteiger partial charge in [-0.05, 0) is 47.5 Å². The Morgan fingerprint density at radius 2 is 1.73 bits per heavy atom. The summed E-state index contributed by atoms with van der Waals surface area (Å²) in [4.78, 5) is 17.1. The number of carbonyl (C=O) groups excluding carboxylic acids is 1. The summed E-state index contributed by atoms with van der Waals surface area (Å²) in [5.41, 5.74) is 4.75. The van der Waals surface area contributed by atoms with E-state index in [0.717, 1.165) is 38.4 Å². The fraction of sp³-hybridized carbons (Fsp3) is 0.364. The number of carbonyl (C=O) groups is 1. The number of rotatable bonds is 6. The summed E-state index contributed by atoms with van der Waals surface area (Å²) < 4.78 is 1.68. The number of aryl methyl sites for hydroxylation is 2. The Kier molecular flexibility index (Phi) is 6.44. The number of nitrogens with zero attached hydrogens (tertiary/aromatic N) is 6. The average molecular weight is 423 g/mol. The van der Waals surface area contributed by atoms with Crippen LogP contribution in [0.25, 0.3) is 5.69 Å². The van der Waals surface area contributed by atoms with E-state index in [0.29, 0.717) is 10.9 Å². The molecule has 1 aliphatic rings. The van der Waals surface area contributed by atoms with Gasteiger partial charge in [0, 0.05) is 32.7 Å². The molecule has 1 aliphatic heterocycles. The molecule has 8 heteroatoms. The van der Waals surface area contributed by atoms with E-state index in [4.69, 9.17) is 0 Å². The summed E-state index contributed by atoms with van der Waals surface area (Å²) in [6.07, 6.45) is 0. The van der Waals surface area contributed by atoms with Crippen molar-refractivity contribution in [1.29, 1.82) is 0 Å². The fourth-order valence-electron chi connectivity index (χ4n) is 3.52. The van der Waals surface area contributed by atoms with Crippen LogP contribution in [0.5, 0.6) is 0 Å². The highest BCUT2D eigenvalue weighted by Gasteiger charge is 2.22. The van der Waals surface area contributed by atoms with Crippen LogP contribution in [-0.2, 0) is 11.3 Å². The van der Waals surface area contributed by atoms with Gasteiger partial charge < -0.3 is 4.90 Å². The highest BCUT2D eigenvalue weighted by Crippen LogP contribution is 2.20. The summed E-state index contributed by atoms with van der Waals surface area (Å²) in [5.74, 6) is 0.471. The van der Waals surface area contributed by atoms with E-state index in [9.17, 15) is 4.79 Å². The number of tetrazole rings is 1. The standard InChI is InChI=1S/C22H26N6OS/c1-17-7-9-20(10-8-17)28-22(23-24-25-28)30-16-21(29)27-13-11-26(12-14-27)15-19-6-4-3-5-18(19)2/h3-10H,11-16H2,1-2H3. The number of aromatic nitrogens is 4. The highest BCUT2D eigenvalue weighted by atomic mass is 32.2. The molecule has 0 unspecified atom stereocenters. The predicted molar refractivity (Wildman–Crippen MR) is 118 cm³/mol. The predicted octanol–water partition coefficient (Wildman–Crippen LogP) is 2.72. The van der Waals surface area contributed by atoms with Crippen LogP contribution in [0.2, 0.25) is 0 Å². The molecule has 0 N–H and O–H groups in total. The minimum absolute atomic E-state index is 0.133. The van der Waals surface area contributed by atoms with Crippen LogP contribution in [0, 0.1) is 13.8 Å². The molecule has 4 rings (SSSR count). The summed E-state index contributed by atoms with van der Waals surface area (Å²) in [5, 5.41) is 12.6. The molecule has 156 valence electrons. The Morgan fingerprint density at radius 1 is 1.00 bits per heavy atom. The monoisotopic (exact) mass is 422 g/mol. The van der Waals surface area contributed by atoms with Gasteiger partial charge in [0.05, 0.1) is 11.4 Å². The number of benzene rings is 2. The van der Waals surface area contributed by atoms with Crippen LogP contribution < -0.4 is 0 Å². The molecule has 0 bridgehead atoms. The first-order valence-electron chi connectivity index (χ1n) is 10.1. The van der Waals surface area contributed by atoms with Crippen molar-refractivity contribution < 1.29 is 4.79 Å². The first-order valence-corrected chi connectivity index (χ1v) is 11.1. The van der Waals surface area contributed by atoms with Gasteiger partial charge in [0.25, 0.3) is 0 Å². The van der Waals surface area contributed by atoms with Crippen LogP contribution in [0.15, 0.2) is 53.7 Å². The number of amides is 1. The lowest BCUT2D eigenvalue weighted by Gasteiger charge is -2.35. The Hall–Kier alpha value is -2.71. The summed E-state index contributed by atoms with van der Waals surface area (Å²) in [7, 11) is 0. The highest BCUT2D eigenvalue weighted by molar-refractivity contribution is 7.99. The number of thioether (sulfide) groups is 1. The second-order valence-corrected chi connectivity index (χ2v) is 8.52. The Morgan fingerprint density at radius 3 is 2.47 bits per heavy atom. The van der Waals surface area contributed by atoms with E-state index in [1.54, 1.807) is 4.68 Å². The summed E-state index contributed by atoms with van der Waals surface area (Å²) in [6.45, 7) is 8.43. The lowest BCUT2D eigenvalue weighted by molar-refractivity contribution is -0.130. The third-order valence-corrected chi connectivity index (χ3v) is 6.33. The van der Waals surface area contributed by atoms with Crippen LogP contribution in [0.4, 0.5) is 0 Å². The number of hydrogen-bond acceptors (Lipinski definition) is 6. The van der Waals surface area contributed by atoms with Gasteiger partial charge in [-0.15, -0.1) is 5.10 Å². The third kappa shape index (κ3) is 4.88. The smallest absolute Gasteiger partial charge is 0.233 e. The van der Waals surface area contributed by atoms with Gasteiger partial charge in [-0.25, -0.2) is 0 Å². The molecule has 1 saturated heterocycles. The zero-order chi connectivity index (χ0) is 20.9. The second-order valence-electron chi connectivity index (χ2n) is 7.58. The molecule has 2 aromatic carbocycles. The zero-order valence-corrected chi connectivity index (χ0v) is 18.2. The van der Waals surface area contributed by atoms with Gasteiger partial charge in [0.15, 0.2) is 0 Å². The molecular weight excluding hydrogens is 396 g/mol. The molecule has 1 aromatic heterocycles. The Bertz CT molecular complexity index is 995. The van der Waals surface area contributed by atoms with E-state index in [-0.39, 0.29) is 5.91 Å². The van der Waals surface area contributed by atoms with E-state index < -0.39 is 0 Å². The first kappa shape index (κ1) is 20.6. The minimum Gasteiger partial charge on any atom is -0.339 e. The van der Waals surface area contributed by atoms with Crippen molar-refractivity contribution in [3.8, 4) is 5.69 Å². The van der Waals surface area contributed by atoms with E-state index in [1.807, 2.05) is 36.1 Å². The van der Waals surface area contributed by atoms with Crippen LogP contribution >= 0.6 is 11.8 Å². The van der Waals surface area contributed by atoms with Gasteiger partial charge in [0.1, 0.15) is 0 Å². The Labute approximate surface area is 181 Å². The van der Waals surface area contributed by atoms with Crippen LogP contribution in [-0.4, -0.2) is 67.8 Å². The second kappa shape index (κ2) is 9.40. The minimum atomic E-state index is 0.133. The van der Waals surface area contributed by atoms with Crippen molar-refractivity contribution >= 4 is 17.7 Å². The van der Waals surface area contributed by atoms with Crippen molar-refractivity contribution in [2.24, 2.45) is 0 Å². The maximum absolute atomic E-state index is 12.7. The average Bonchev–Trinajstić information content (AvgIpc) is 3.23. The third-order valence-electron chi connectivity index (χ3n) is 5.42. The van der Waals surface area contributed by atoms with Crippen molar-refractivity contribution in [3.05, 3.63) is 65.2 Å². The summed E-state index contributed by atoms with van der Waals surface area (Å²) >= 11 is 1.38. The normalized spacial score (nSPS) is 14.8. The largest absolute Gasteiger partial charge is 0.339 e. The molecule has 0 aliphatic carbocycles. The van der Waals surface area contributed by atoms with Gasteiger partial charge in [-0.3, -0.25) is 9.69 Å². The molecular formula is C22H26N6OS. The van der Waals surface area contributed by atoms with E-state index in [1.165, 1.54) is 28.5 Å². The van der Waals surface area contributed by atoms with Gasteiger partial charge in [-0.1, -0.05) is 53.7 Å². The molecule has 0 saturated carbocycles. The van der Waals surface area contributed by atoms with Crippen molar-refractivity contribution in [2.75, 3.05) is 31.9 Å². The molecule has 1 amide bonds. The molecule has 30 heavy (non-hydrogen) atoms. The molecule has 7 nitrogen and oxygen atoms in total. The molecule has 0 spiro atoms. The first-order chi connectivity index (χ1) is 14.6. The fourth-order valence-corrected chi connectivity index (χ4v) is 4.31. The van der Waals surface area contributed by atoms with Crippen LogP contribution in [0.1, 0.15) is 16.7 Å². The maximum Gasteiger partial charge on any atom is 0.233 e. The molecule has 1 fully saturated rings. The van der Waals surface area contributed by atoms with E-state index >= 15 is 0 Å². The van der Waals surface area contributed by atoms with Crippen molar-refractivity contribution in [3.63, 3.8) is 0 Å². The molecule has 0 atom stereocenters. The van der Waals surface area contributed by atoms with Gasteiger partial charge >= 0.3 is 0 Å². The summed E-state index contributed by atoms with van der Waals surface area (Å²) in [6, 6.07) is 16.5. The van der Waals surface area contributed by atoms with E-state index in [2.05, 4.69) is 51.6 Å². The number of piperazine rings is 1. The van der Waals surface area contributed by atoms with Crippen LogP contribution in [0.3, 0.4) is 0 Å². The van der Waals surface area contributed by atoms with Crippen molar-refractivity contribution in [2.45, 2.75) is 25.5 Å². The topological polar surface area (TPSA) is 67.2 Å². The lowest BCUT2D eigenvalue weighted by Crippen LogP contribution is -2.48. The zero-order valence-electron chi connectivity index (χ0n) is 17.4. The molecule has 2 heterocycles. The quantitative estimate of drug-likeness (QED) is 0.569. The Balaban J connectivity index is 1.28. The van der Waals surface area contributed by atoms with Crippen molar-refractivity contribution in [1.82, 2.24) is 30.0 Å². The van der Waals surface area contributed by atoms with Gasteiger partial charge in [0.2, 0.25) is 11.1 Å². The SMILES string of the molecule is Cc1ccc(-n2nnnc2SCC(=O)N2CCN(Cc3ccccc3C)CC2)cc1. The lowest BCUT2D eigenvalue weighted by atomic mass is 10.1. The molecule has 3 aromatic rings. The van der Waals surface area contributed by atoms with Gasteiger partial charge in [-0.2, -0.15) is 4.68 Å².